The SMILES string of the molecule is COC(=O)COc1ccc2cc(-c3nn(CC4CCNCC4)c4ncnc(N)c34)ccc2n1. The summed E-state index contributed by atoms with van der Waals surface area (Å²) in [5.74, 6) is 0.855. The van der Waals surface area contributed by atoms with E-state index in [2.05, 4.69) is 25.0 Å². The molecule has 10 nitrogen and oxygen atoms in total. The van der Waals surface area contributed by atoms with Gasteiger partial charge in [-0.3, -0.25) is 0 Å². The van der Waals surface area contributed by atoms with Crippen molar-refractivity contribution in [1.29, 1.82) is 0 Å². The van der Waals surface area contributed by atoms with Crippen molar-refractivity contribution in [2.24, 2.45) is 5.92 Å². The molecular formula is C23H25N7O3. The fourth-order valence-electron chi connectivity index (χ4n) is 4.19. The first-order valence-corrected chi connectivity index (χ1v) is 10.9. The summed E-state index contributed by atoms with van der Waals surface area (Å²) >= 11 is 0. The molecule has 1 aliphatic rings. The number of nitrogens with zero attached hydrogens (tertiary/aromatic N) is 5. The van der Waals surface area contributed by atoms with Crippen LogP contribution in [0.3, 0.4) is 0 Å². The van der Waals surface area contributed by atoms with Crippen molar-refractivity contribution in [3.63, 3.8) is 0 Å². The average molecular weight is 447 g/mol. The van der Waals surface area contributed by atoms with Gasteiger partial charge in [0.1, 0.15) is 17.8 Å². The number of pyridine rings is 1. The predicted molar refractivity (Wildman–Crippen MR) is 124 cm³/mol. The minimum atomic E-state index is -0.459. The third-order valence-electron chi connectivity index (χ3n) is 5.95. The number of carbonyl (C=O) groups excluding carboxylic acids is 1. The molecule has 170 valence electrons. The largest absolute Gasteiger partial charge is 0.466 e. The van der Waals surface area contributed by atoms with Crippen LogP contribution in [0.5, 0.6) is 5.88 Å². The molecule has 0 radical (unpaired) electrons. The highest BCUT2D eigenvalue weighted by Gasteiger charge is 2.21. The van der Waals surface area contributed by atoms with E-state index in [1.807, 2.05) is 28.9 Å². The zero-order valence-corrected chi connectivity index (χ0v) is 18.3. The lowest BCUT2D eigenvalue weighted by Crippen LogP contribution is -2.30. The number of ether oxygens (including phenoxy) is 2. The Bertz CT molecular complexity index is 1310. The number of nitrogen functional groups attached to an aromatic ring is 1. The van der Waals surface area contributed by atoms with E-state index in [0.29, 0.717) is 17.6 Å². The number of esters is 1. The lowest BCUT2D eigenvalue weighted by Gasteiger charge is -2.22. The number of hydrogen-bond donors (Lipinski definition) is 2. The van der Waals surface area contributed by atoms with E-state index in [-0.39, 0.29) is 6.61 Å². The zero-order valence-electron chi connectivity index (χ0n) is 18.3. The molecule has 0 saturated carbocycles. The number of anilines is 1. The number of methoxy groups -OCH3 is 1. The van der Waals surface area contributed by atoms with Crippen molar-refractivity contribution in [2.45, 2.75) is 19.4 Å². The number of rotatable bonds is 6. The summed E-state index contributed by atoms with van der Waals surface area (Å²) in [7, 11) is 1.32. The number of nitrogens with one attached hydrogen (secondary N) is 1. The molecule has 0 aliphatic carbocycles. The molecule has 0 unspecified atom stereocenters. The minimum Gasteiger partial charge on any atom is -0.466 e. The van der Waals surface area contributed by atoms with Gasteiger partial charge in [-0.1, -0.05) is 6.07 Å². The van der Waals surface area contributed by atoms with Crippen LogP contribution in [-0.4, -0.2) is 57.5 Å². The van der Waals surface area contributed by atoms with Gasteiger partial charge in [0.05, 0.1) is 18.0 Å². The van der Waals surface area contributed by atoms with Crippen LogP contribution in [0.2, 0.25) is 0 Å². The molecule has 4 heterocycles. The Morgan fingerprint density at radius 1 is 1.21 bits per heavy atom. The van der Waals surface area contributed by atoms with Gasteiger partial charge in [-0.05, 0) is 50.0 Å². The molecule has 0 spiro atoms. The smallest absolute Gasteiger partial charge is 0.343 e. The van der Waals surface area contributed by atoms with Crippen LogP contribution in [0.15, 0.2) is 36.7 Å². The van der Waals surface area contributed by atoms with Crippen molar-refractivity contribution < 1.29 is 14.3 Å². The van der Waals surface area contributed by atoms with Gasteiger partial charge >= 0.3 is 5.97 Å². The Hall–Kier alpha value is -3.79. The molecule has 0 bridgehead atoms. The second-order valence-corrected chi connectivity index (χ2v) is 8.10. The number of benzene rings is 1. The monoisotopic (exact) mass is 447 g/mol. The Kier molecular flexibility index (Phi) is 5.74. The van der Waals surface area contributed by atoms with Gasteiger partial charge in [-0.15, -0.1) is 0 Å². The van der Waals surface area contributed by atoms with E-state index in [1.54, 1.807) is 6.07 Å². The fourth-order valence-corrected chi connectivity index (χ4v) is 4.19. The number of nitrogens with two attached hydrogens (primary N) is 1. The molecule has 5 rings (SSSR count). The number of aromatic nitrogens is 5. The molecular weight excluding hydrogens is 422 g/mol. The zero-order chi connectivity index (χ0) is 22.8. The van der Waals surface area contributed by atoms with Crippen molar-refractivity contribution >= 4 is 33.7 Å². The molecule has 3 aromatic heterocycles. The molecule has 1 fully saturated rings. The third kappa shape index (κ3) is 4.29. The van der Waals surface area contributed by atoms with Gasteiger partial charge in [-0.2, -0.15) is 5.10 Å². The van der Waals surface area contributed by atoms with Crippen LogP contribution in [0.4, 0.5) is 5.82 Å². The lowest BCUT2D eigenvalue weighted by atomic mass is 9.98. The Labute approximate surface area is 190 Å². The molecule has 4 aromatic rings. The van der Waals surface area contributed by atoms with Crippen molar-refractivity contribution in [1.82, 2.24) is 30.0 Å². The average Bonchev–Trinajstić information content (AvgIpc) is 3.22. The maximum atomic E-state index is 11.3. The fraction of sp³-hybridized carbons (Fsp3) is 0.348. The first kappa shape index (κ1) is 21.1. The van der Waals surface area contributed by atoms with E-state index in [1.165, 1.54) is 13.4 Å². The van der Waals surface area contributed by atoms with Gasteiger partial charge < -0.3 is 20.5 Å². The van der Waals surface area contributed by atoms with Gasteiger partial charge in [0.15, 0.2) is 12.3 Å². The van der Waals surface area contributed by atoms with E-state index >= 15 is 0 Å². The van der Waals surface area contributed by atoms with Gasteiger partial charge in [0.25, 0.3) is 0 Å². The Morgan fingerprint density at radius 3 is 2.88 bits per heavy atom. The standard InChI is InChI=1S/C23H25N7O3/c1-32-19(31)12-33-18-5-3-15-10-16(2-4-17(15)28-18)21-20-22(24)26-13-27-23(20)30(29-21)11-14-6-8-25-9-7-14/h2-5,10,13-14,25H,6-9,11-12H2,1H3,(H2,24,26,27). The lowest BCUT2D eigenvalue weighted by molar-refractivity contribution is -0.143. The maximum absolute atomic E-state index is 11.3. The van der Waals surface area contributed by atoms with Crippen molar-refractivity contribution in [3.05, 3.63) is 36.7 Å². The summed E-state index contributed by atoms with van der Waals surface area (Å²) in [6.07, 6.45) is 3.71. The highest BCUT2D eigenvalue weighted by molar-refractivity contribution is 5.99. The van der Waals surface area contributed by atoms with E-state index in [4.69, 9.17) is 15.6 Å². The van der Waals surface area contributed by atoms with Crippen LogP contribution < -0.4 is 15.8 Å². The number of fused-ring (bicyclic) bond motifs is 2. The number of piperidine rings is 1. The number of carbonyl (C=O) groups is 1. The quantitative estimate of drug-likeness (QED) is 0.427. The molecule has 1 saturated heterocycles. The normalized spacial score (nSPS) is 14.6. The summed E-state index contributed by atoms with van der Waals surface area (Å²) in [5.41, 5.74) is 9.41. The highest BCUT2D eigenvalue weighted by atomic mass is 16.6. The summed E-state index contributed by atoms with van der Waals surface area (Å²) in [6, 6.07) is 9.47. The topological polar surface area (TPSA) is 130 Å². The predicted octanol–water partition coefficient (Wildman–Crippen LogP) is 2.18. The summed E-state index contributed by atoms with van der Waals surface area (Å²) in [6.45, 7) is 2.66. The van der Waals surface area contributed by atoms with Crippen LogP contribution in [0.25, 0.3) is 33.2 Å². The minimum absolute atomic E-state index is 0.188. The van der Waals surface area contributed by atoms with Crippen molar-refractivity contribution in [3.8, 4) is 17.1 Å². The molecule has 33 heavy (non-hydrogen) atoms. The second kappa shape index (κ2) is 8.99. The van der Waals surface area contributed by atoms with E-state index in [9.17, 15) is 4.79 Å². The summed E-state index contributed by atoms with van der Waals surface area (Å²) in [4.78, 5) is 24.5. The van der Waals surface area contributed by atoms with Crippen LogP contribution >= 0.6 is 0 Å². The van der Waals surface area contributed by atoms with Crippen LogP contribution in [0.1, 0.15) is 12.8 Å². The maximum Gasteiger partial charge on any atom is 0.343 e. The van der Waals surface area contributed by atoms with Crippen LogP contribution in [-0.2, 0) is 16.1 Å². The highest BCUT2D eigenvalue weighted by Crippen LogP contribution is 2.32. The molecule has 1 aromatic carbocycles. The number of hydrogen-bond acceptors (Lipinski definition) is 9. The molecule has 1 aliphatic heterocycles. The molecule has 10 heteroatoms. The van der Waals surface area contributed by atoms with Gasteiger partial charge in [-0.25, -0.2) is 24.4 Å². The van der Waals surface area contributed by atoms with E-state index in [0.717, 1.165) is 65.7 Å². The first-order chi connectivity index (χ1) is 16.1. The summed E-state index contributed by atoms with van der Waals surface area (Å²) in [5, 5.41) is 9.99. The summed E-state index contributed by atoms with van der Waals surface area (Å²) < 4.78 is 11.9. The molecule has 0 amide bonds. The van der Waals surface area contributed by atoms with Gasteiger partial charge in [0, 0.05) is 23.6 Å². The van der Waals surface area contributed by atoms with E-state index < -0.39 is 5.97 Å². The first-order valence-electron chi connectivity index (χ1n) is 10.9. The van der Waals surface area contributed by atoms with Crippen LogP contribution in [0, 0.1) is 5.92 Å². The Morgan fingerprint density at radius 2 is 2.06 bits per heavy atom. The second-order valence-electron chi connectivity index (χ2n) is 8.10. The Balaban J connectivity index is 1.50. The molecule has 0 atom stereocenters. The van der Waals surface area contributed by atoms with Crippen molar-refractivity contribution in [2.75, 3.05) is 32.5 Å². The third-order valence-corrected chi connectivity index (χ3v) is 5.95. The molecule has 3 N–H and O–H groups in total. The van der Waals surface area contributed by atoms with Gasteiger partial charge in [0.2, 0.25) is 5.88 Å².